The lowest BCUT2D eigenvalue weighted by Crippen LogP contribution is -2.50. The van der Waals surface area contributed by atoms with Gasteiger partial charge in [0.25, 0.3) is 0 Å². The van der Waals surface area contributed by atoms with Gasteiger partial charge in [-0.15, -0.1) is 24.8 Å². The minimum absolute atomic E-state index is 0. The molecule has 0 aliphatic carbocycles. The second-order valence-corrected chi connectivity index (χ2v) is 7.98. The van der Waals surface area contributed by atoms with E-state index in [1.54, 1.807) is 0 Å². The molecule has 170 valence electrons. The van der Waals surface area contributed by atoms with Crippen LogP contribution in [0.4, 0.5) is 0 Å². The number of halogens is 2. The number of hydrogen-bond acceptors (Lipinski definition) is 4. The molecule has 0 saturated carbocycles. The smallest absolute Gasteiger partial charge is 0.223 e. The van der Waals surface area contributed by atoms with Crippen LogP contribution in [0.2, 0.25) is 0 Å². The van der Waals surface area contributed by atoms with E-state index in [-0.39, 0.29) is 24.8 Å². The summed E-state index contributed by atoms with van der Waals surface area (Å²) in [6.07, 6.45) is 0.640. The molecule has 0 bridgehead atoms. The van der Waals surface area contributed by atoms with E-state index in [9.17, 15) is 4.79 Å². The van der Waals surface area contributed by atoms with Crippen molar-refractivity contribution in [3.63, 3.8) is 0 Å². The Bertz CT molecular complexity index is 724. The third-order valence-electron chi connectivity index (χ3n) is 6.11. The van der Waals surface area contributed by atoms with Crippen molar-refractivity contribution in [1.82, 2.24) is 20.0 Å². The fourth-order valence-electron chi connectivity index (χ4n) is 4.46. The van der Waals surface area contributed by atoms with Crippen molar-refractivity contribution in [2.45, 2.75) is 12.5 Å². The monoisotopic (exact) mass is 464 g/mol. The topological polar surface area (TPSA) is 38.8 Å². The molecule has 5 nitrogen and oxygen atoms in total. The van der Waals surface area contributed by atoms with E-state index in [2.05, 4.69) is 75.8 Å². The molecule has 2 heterocycles. The van der Waals surface area contributed by atoms with E-state index in [0.717, 1.165) is 58.9 Å². The first-order chi connectivity index (χ1) is 14.3. The zero-order chi connectivity index (χ0) is 19.9. The van der Waals surface area contributed by atoms with Crippen molar-refractivity contribution in [1.29, 1.82) is 0 Å². The largest absolute Gasteiger partial charge is 0.340 e. The minimum atomic E-state index is 0. The Morgan fingerprint density at radius 3 is 1.81 bits per heavy atom. The Labute approximate surface area is 198 Å². The van der Waals surface area contributed by atoms with E-state index < -0.39 is 0 Å². The van der Waals surface area contributed by atoms with Crippen molar-refractivity contribution < 1.29 is 4.79 Å². The van der Waals surface area contributed by atoms with Gasteiger partial charge in [-0.3, -0.25) is 9.69 Å². The fourth-order valence-corrected chi connectivity index (χ4v) is 4.46. The maximum absolute atomic E-state index is 12.4. The summed E-state index contributed by atoms with van der Waals surface area (Å²) in [5.41, 5.74) is 2.70. The highest BCUT2D eigenvalue weighted by Crippen LogP contribution is 2.29. The molecule has 2 aromatic carbocycles. The molecule has 2 fully saturated rings. The van der Waals surface area contributed by atoms with Gasteiger partial charge >= 0.3 is 0 Å². The number of carbonyl (C=O) groups is 1. The summed E-state index contributed by atoms with van der Waals surface area (Å²) in [5.74, 6) is 0.306. The van der Waals surface area contributed by atoms with Gasteiger partial charge in [0.05, 0.1) is 6.04 Å². The van der Waals surface area contributed by atoms with Gasteiger partial charge in [0.2, 0.25) is 5.91 Å². The number of amides is 1. The van der Waals surface area contributed by atoms with Gasteiger partial charge in [-0.25, -0.2) is 0 Å². The number of rotatable bonds is 6. The Hall–Kier alpha value is -1.63. The van der Waals surface area contributed by atoms with Crippen molar-refractivity contribution >= 4 is 30.7 Å². The van der Waals surface area contributed by atoms with Gasteiger partial charge in [-0.05, 0) is 11.1 Å². The molecule has 1 amide bonds. The number of nitrogens with zero attached hydrogens (tertiary/aromatic N) is 3. The molecule has 0 atom stereocenters. The summed E-state index contributed by atoms with van der Waals surface area (Å²) in [5, 5.41) is 3.31. The van der Waals surface area contributed by atoms with E-state index in [4.69, 9.17) is 0 Å². The first-order valence-electron chi connectivity index (χ1n) is 10.9. The molecular formula is C24H34Cl2N4O. The Morgan fingerprint density at radius 2 is 1.29 bits per heavy atom. The molecule has 0 unspecified atom stereocenters. The quantitative estimate of drug-likeness (QED) is 0.712. The van der Waals surface area contributed by atoms with E-state index in [1.807, 2.05) is 4.90 Å². The standard InChI is InChI=1S/C24H32N4O.2ClH/c29-23(27-15-12-25-13-16-27)11-14-26-17-19-28(20-18-26)24(21-7-3-1-4-8-21)22-9-5-2-6-10-22;;/h1-10,24-25H,11-20H2;2*1H. The highest BCUT2D eigenvalue weighted by atomic mass is 35.5. The molecule has 0 aromatic heterocycles. The van der Waals surface area contributed by atoms with Crippen LogP contribution in [0.3, 0.4) is 0 Å². The van der Waals surface area contributed by atoms with Gasteiger partial charge in [-0.2, -0.15) is 0 Å². The first-order valence-corrected chi connectivity index (χ1v) is 10.9. The number of benzene rings is 2. The van der Waals surface area contributed by atoms with Gasteiger partial charge in [0, 0.05) is 65.3 Å². The summed E-state index contributed by atoms with van der Waals surface area (Å²) >= 11 is 0. The highest BCUT2D eigenvalue weighted by Gasteiger charge is 2.26. The molecule has 0 spiro atoms. The molecular weight excluding hydrogens is 431 g/mol. The molecule has 2 aromatic rings. The molecule has 0 radical (unpaired) electrons. The van der Waals surface area contributed by atoms with Gasteiger partial charge in [0.15, 0.2) is 0 Å². The lowest BCUT2D eigenvalue weighted by Gasteiger charge is -2.40. The highest BCUT2D eigenvalue weighted by molar-refractivity contribution is 5.85. The van der Waals surface area contributed by atoms with Crippen LogP contribution in [0.5, 0.6) is 0 Å². The maximum Gasteiger partial charge on any atom is 0.223 e. The van der Waals surface area contributed by atoms with Crippen LogP contribution in [0.1, 0.15) is 23.6 Å². The van der Waals surface area contributed by atoms with E-state index >= 15 is 0 Å². The second-order valence-electron chi connectivity index (χ2n) is 7.98. The third kappa shape index (κ3) is 6.93. The zero-order valence-electron chi connectivity index (χ0n) is 18.0. The van der Waals surface area contributed by atoms with Gasteiger partial charge in [0.1, 0.15) is 0 Å². The maximum atomic E-state index is 12.4. The number of piperazine rings is 2. The van der Waals surface area contributed by atoms with Crippen LogP contribution in [0, 0.1) is 0 Å². The van der Waals surface area contributed by atoms with Crippen LogP contribution in [-0.4, -0.2) is 79.5 Å². The molecule has 2 aliphatic heterocycles. The normalized spacial score (nSPS) is 17.6. The van der Waals surface area contributed by atoms with Crippen LogP contribution in [-0.2, 0) is 4.79 Å². The van der Waals surface area contributed by atoms with Crippen molar-refractivity contribution in [2.24, 2.45) is 0 Å². The van der Waals surface area contributed by atoms with Crippen molar-refractivity contribution in [3.05, 3.63) is 71.8 Å². The molecule has 2 aliphatic rings. The lowest BCUT2D eigenvalue weighted by atomic mass is 9.96. The SMILES string of the molecule is Cl.Cl.O=C(CCN1CCN(C(c2ccccc2)c2ccccc2)CC1)N1CCNCC1. The number of nitrogens with one attached hydrogen (secondary N) is 1. The molecule has 1 N–H and O–H groups in total. The number of hydrogen-bond donors (Lipinski definition) is 1. The van der Waals surface area contributed by atoms with Gasteiger partial charge in [-0.1, -0.05) is 60.7 Å². The van der Waals surface area contributed by atoms with Crippen molar-refractivity contribution in [3.8, 4) is 0 Å². The summed E-state index contributed by atoms with van der Waals surface area (Å²) in [7, 11) is 0. The predicted molar refractivity (Wildman–Crippen MR) is 131 cm³/mol. The minimum Gasteiger partial charge on any atom is -0.340 e. The Morgan fingerprint density at radius 1 is 0.774 bits per heavy atom. The number of carbonyl (C=O) groups excluding carboxylic acids is 1. The Kier molecular flexibility index (Phi) is 10.8. The lowest BCUT2D eigenvalue weighted by molar-refractivity contribution is -0.132. The molecule has 4 rings (SSSR count). The van der Waals surface area contributed by atoms with Gasteiger partial charge < -0.3 is 15.1 Å². The predicted octanol–water partition coefficient (Wildman–Crippen LogP) is 3.06. The average molecular weight is 465 g/mol. The molecule has 7 heteroatoms. The summed E-state index contributed by atoms with van der Waals surface area (Å²) in [6, 6.07) is 21.9. The zero-order valence-corrected chi connectivity index (χ0v) is 19.6. The van der Waals surface area contributed by atoms with Crippen LogP contribution in [0.15, 0.2) is 60.7 Å². The Balaban J connectivity index is 0.00000171. The van der Waals surface area contributed by atoms with E-state index in [0.29, 0.717) is 18.4 Å². The van der Waals surface area contributed by atoms with E-state index in [1.165, 1.54) is 11.1 Å². The second kappa shape index (κ2) is 13.0. The van der Waals surface area contributed by atoms with Crippen LogP contribution in [0.25, 0.3) is 0 Å². The first kappa shape index (κ1) is 25.6. The van der Waals surface area contributed by atoms with Crippen LogP contribution < -0.4 is 5.32 Å². The van der Waals surface area contributed by atoms with Crippen molar-refractivity contribution in [2.75, 3.05) is 58.9 Å². The molecule has 31 heavy (non-hydrogen) atoms. The summed E-state index contributed by atoms with van der Waals surface area (Å²) in [4.78, 5) is 19.5. The fraction of sp³-hybridized carbons (Fsp3) is 0.458. The summed E-state index contributed by atoms with van der Waals surface area (Å²) < 4.78 is 0. The third-order valence-corrected chi connectivity index (χ3v) is 6.11. The summed E-state index contributed by atoms with van der Waals surface area (Å²) in [6.45, 7) is 8.50. The average Bonchev–Trinajstić information content (AvgIpc) is 2.80. The molecule has 2 saturated heterocycles. The van der Waals surface area contributed by atoms with Crippen LogP contribution >= 0.6 is 24.8 Å².